The van der Waals surface area contributed by atoms with Gasteiger partial charge in [0.25, 0.3) is 5.60 Å². The fraction of sp³-hybridized carbons (Fsp3) is 0.911. The molecular formula is C45H86N2O9. The SMILES string of the molecule is CCCCCCCCCCCCCCCC(=O)C(OC(=O)CCC(=O)O)(C(=O)CCCCCCCCCCCCCCC)C(O)CO.NCCN1CCOCC1. The van der Waals surface area contributed by atoms with Gasteiger partial charge in [-0.3, -0.25) is 24.1 Å². The van der Waals surface area contributed by atoms with Gasteiger partial charge in [0.05, 0.1) is 32.7 Å². The summed E-state index contributed by atoms with van der Waals surface area (Å²) >= 11 is 0. The summed E-state index contributed by atoms with van der Waals surface area (Å²) in [7, 11) is 0. The van der Waals surface area contributed by atoms with Gasteiger partial charge >= 0.3 is 11.9 Å². The standard InChI is InChI=1S/C39H72O8.C6H14N2O/c1-3-5-7-9-11-13-15-17-19-21-23-25-27-29-34(41)39(36(43)33-40,47-38(46)32-31-37(44)45)35(42)30-28-26-24-22-20-18-16-14-12-10-8-6-4-2;7-1-2-8-3-5-9-6-4-8/h36,40,43H,3-33H2,1-2H3,(H,44,45);1-7H2. The molecule has 1 aliphatic heterocycles. The molecular weight excluding hydrogens is 712 g/mol. The van der Waals surface area contributed by atoms with Crippen LogP contribution in [0.1, 0.15) is 206 Å². The highest BCUT2D eigenvalue weighted by atomic mass is 16.6. The van der Waals surface area contributed by atoms with Crippen molar-refractivity contribution in [3.63, 3.8) is 0 Å². The van der Waals surface area contributed by atoms with Gasteiger partial charge in [-0.25, -0.2) is 0 Å². The summed E-state index contributed by atoms with van der Waals surface area (Å²) in [4.78, 5) is 53.0. The summed E-state index contributed by atoms with van der Waals surface area (Å²) in [5.74, 6) is -3.69. The van der Waals surface area contributed by atoms with E-state index in [1.54, 1.807) is 0 Å². The molecule has 0 spiro atoms. The van der Waals surface area contributed by atoms with Gasteiger partial charge in [0, 0.05) is 39.0 Å². The predicted molar refractivity (Wildman–Crippen MR) is 226 cm³/mol. The van der Waals surface area contributed by atoms with Crippen LogP contribution in [0, 0.1) is 0 Å². The number of nitrogens with two attached hydrogens (primary N) is 1. The maximum Gasteiger partial charge on any atom is 0.307 e. The number of aliphatic carboxylic acids is 1. The number of aliphatic hydroxyl groups is 2. The van der Waals surface area contributed by atoms with Crippen LogP contribution < -0.4 is 5.73 Å². The zero-order valence-corrected chi connectivity index (χ0v) is 36.1. The van der Waals surface area contributed by atoms with E-state index in [9.17, 15) is 29.4 Å². The van der Waals surface area contributed by atoms with E-state index in [1.165, 1.54) is 103 Å². The Bertz CT molecular complexity index is 913. The Hall–Kier alpha value is -1.92. The van der Waals surface area contributed by atoms with Gasteiger partial charge in [0.2, 0.25) is 0 Å². The number of carboxylic acid groups (broad SMARTS) is 1. The van der Waals surface area contributed by atoms with Gasteiger partial charge in [-0.1, -0.05) is 168 Å². The number of nitrogens with zero attached hydrogens (tertiary/aromatic N) is 1. The molecule has 0 aromatic carbocycles. The molecule has 5 N–H and O–H groups in total. The van der Waals surface area contributed by atoms with Gasteiger partial charge in [-0.2, -0.15) is 0 Å². The van der Waals surface area contributed by atoms with Crippen LogP contribution in [0.5, 0.6) is 0 Å². The van der Waals surface area contributed by atoms with E-state index in [0.717, 1.165) is 90.8 Å². The first-order valence-corrected chi connectivity index (χ1v) is 23.0. The zero-order chi connectivity index (χ0) is 41.5. The number of aliphatic hydroxyl groups excluding tert-OH is 2. The quantitative estimate of drug-likeness (QED) is 0.0267. The van der Waals surface area contributed by atoms with Gasteiger partial charge in [0.1, 0.15) is 6.10 Å². The molecule has 1 saturated heterocycles. The molecule has 0 bridgehead atoms. The molecule has 0 aliphatic carbocycles. The lowest BCUT2D eigenvalue weighted by atomic mass is 9.82. The van der Waals surface area contributed by atoms with Crippen LogP contribution in [0.15, 0.2) is 0 Å². The van der Waals surface area contributed by atoms with E-state index < -0.39 is 54.7 Å². The molecule has 0 saturated carbocycles. The maximum atomic E-state index is 13.5. The highest BCUT2D eigenvalue weighted by molar-refractivity contribution is 6.12. The minimum Gasteiger partial charge on any atom is -0.481 e. The van der Waals surface area contributed by atoms with E-state index in [4.69, 9.17) is 20.3 Å². The van der Waals surface area contributed by atoms with Crippen LogP contribution in [0.3, 0.4) is 0 Å². The fourth-order valence-corrected chi connectivity index (χ4v) is 7.26. The molecule has 0 aromatic heterocycles. The Morgan fingerprint density at radius 2 is 0.964 bits per heavy atom. The Balaban J connectivity index is 0.00000292. The second kappa shape index (κ2) is 38.6. The molecule has 1 aliphatic rings. The van der Waals surface area contributed by atoms with Gasteiger partial charge in [0.15, 0.2) is 11.6 Å². The number of carbonyl (C=O) groups excluding carboxylic acids is 3. The minimum atomic E-state index is -2.50. The molecule has 1 unspecified atom stereocenters. The second-order valence-corrected chi connectivity index (χ2v) is 15.9. The third-order valence-corrected chi connectivity index (χ3v) is 10.9. The summed E-state index contributed by atoms with van der Waals surface area (Å²) < 4.78 is 10.5. The number of ketones is 2. The fourth-order valence-electron chi connectivity index (χ4n) is 7.26. The molecule has 1 heterocycles. The van der Waals surface area contributed by atoms with Crippen molar-refractivity contribution in [2.45, 2.75) is 218 Å². The first-order chi connectivity index (χ1) is 27.2. The molecule has 11 nitrogen and oxygen atoms in total. The molecule has 0 aromatic rings. The number of Topliss-reactive ketones (excluding diaryl/α,β-unsaturated/α-hetero) is 2. The summed E-state index contributed by atoms with van der Waals surface area (Å²) in [6.45, 7) is 9.16. The molecule has 0 radical (unpaired) electrons. The number of carboxylic acids is 1. The van der Waals surface area contributed by atoms with Crippen molar-refractivity contribution in [1.29, 1.82) is 0 Å². The van der Waals surface area contributed by atoms with E-state index in [-0.39, 0.29) is 12.8 Å². The lowest BCUT2D eigenvalue weighted by molar-refractivity contribution is -0.188. The summed E-state index contributed by atoms with van der Waals surface area (Å²) in [5, 5.41) is 29.6. The van der Waals surface area contributed by atoms with Crippen LogP contribution in [0.2, 0.25) is 0 Å². The molecule has 1 fully saturated rings. The average molecular weight is 799 g/mol. The predicted octanol–water partition coefficient (Wildman–Crippen LogP) is 8.86. The van der Waals surface area contributed by atoms with Gasteiger partial charge in [-0.05, 0) is 12.8 Å². The largest absolute Gasteiger partial charge is 0.481 e. The normalized spacial score (nSPS) is 13.9. The third-order valence-electron chi connectivity index (χ3n) is 10.9. The highest BCUT2D eigenvalue weighted by Crippen LogP contribution is 2.27. The van der Waals surface area contributed by atoms with Crippen molar-refractivity contribution < 1.29 is 44.0 Å². The number of rotatable bonds is 38. The third kappa shape index (κ3) is 28.5. The lowest BCUT2D eigenvalue weighted by Gasteiger charge is -2.34. The average Bonchev–Trinajstić information content (AvgIpc) is 3.20. The molecule has 56 heavy (non-hydrogen) atoms. The first kappa shape index (κ1) is 54.1. The smallest absolute Gasteiger partial charge is 0.307 e. The van der Waals surface area contributed by atoms with E-state index >= 15 is 0 Å². The van der Waals surface area contributed by atoms with E-state index in [1.807, 2.05) is 0 Å². The molecule has 11 heteroatoms. The van der Waals surface area contributed by atoms with Crippen LogP contribution in [-0.2, 0) is 28.7 Å². The summed E-state index contributed by atoms with van der Waals surface area (Å²) in [5.41, 5.74) is 2.88. The Kier molecular flexibility index (Phi) is 37.3. The number of ether oxygens (including phenoxy) is 2. The second-order valence-electron chi connectivity index (χ2n) is 15.9. The number of morpholine rings is 1. The van der Waals surface area contributed by atoms with Crippen LogP contribution in [0.25, 0.3) is 0 Å². The van der Waals surface area contributed by atoms with Crippen molar-refractivity contribution >= 4 is 23.5 Å². The monoisotopic (exact) mass is 799 g/mol. The summed E-state index contributed by atoms with van der Waals surface area (Å²) in [6.07, 6.45) is 26.3. The van der Waals surface area contributed by atoms with Crippen molar-refractivity contribution in [2.24, 2.45) is 5.73 Å². The Labute approximate surface area is 341 Å². The van der Waals surface area contributed by atoms with Crippen molar-refractivity contribution in [2.75, 3.05) is 46.0 Å². The molecule has 1 atom stereocenters. The van der Waals surface area contributed by atoms with Crippen molar-refractivity contribution in [1.82, 2.24) is 4.90 Å². The van der Waals surface area contributed by atoms with Crippen LogP contribution >= 0.6 is 0 Å². The molecule has 330 valence electrons. The topological polar surface area (TPSA) is 177 Å². The lowest BCUT2D eigenvalue weighted by Crippen LogP contribution is -2.60. The van der Waals surface area contributed by atoms with Gasteiger partial charge in [-0.15, -0.1) is 0 Å². The van der Waals surface area contributed by atoms with Crippen LogP contribution in [-0.4, -0.2) is 101 Å². The van der Waals surface area contributed by atoms with Crippen molar-refractivity contribution in [3.8, 4) is 0 Å². The van der Waals surface area contributed by atoms with E-state index in [0.29, 0.717) is 12.8 Å². The minimum absolute atomic E-state index is 0.0641. The highest BCUT2D eigenvalue weighted by Gasteiger charge is 2.53. The maximum absolute atomic E-state index is 13.5. The van der Waals surface area contributed by atoms with E-state index in [2.05, 4.69) is 18.7 Å². The number of carbonyl (C=O) groups is 4. The Morgan fingerprint density at radius 1 is 0.607 bits per heavy atom. The Morgan fingerprint density at radius 3 is 1.29 bits per heavy atom. The number of esters is 1. The number of unbranched alkanes of at least 4 members (excludes halogenated alkanes) is 24. The first-order valence-electron chi connectivity index (χ1n) is 23.0. The van der Waals surface area contributed by atoms with Crippen LogP contribution in [0.4, 0.5) is 0 Å². The molecule has 1 rings (SSSR count). The number of hydrogen-bond acceptors (Lipinski definition) is 10. The summed E-state index contributed by atoms with van der Waals surface area (Å²) in [6, 6.07) is 0. The molecule has 0 amide bonds. The van der Waals surface area contributed by atoms with Crippen molar-refractivity contribution in [3.05, 3.63) is 0 Å². The zero-order valence-electron chi connectivity index (χ0n) is 36.1. The van der Waals surface area contributed by atoms with Gasteiger partial charge < -0.3 is 30.5 Å². The number of hydrogen-bond donors (Lipinski definition) is 4.